The quantitative estimate of drug-likeness (QED) is 0.615. The topological polar surface area (TPSA) is 78.5 Å². The van der Waals surface area contributed by atoms with Gasteiger partial charge in [0.15, 0.2) is 0 Å². The summed E-state index contributed by atoms with van der Waals surface area (Å²) in [6.07, 6.45) is -0.0997. The van der Waals surface area contributed by atoms with Crippen molar-refractivity contribution in [2.45, 2.75) is 50.5 Å². The van der Waals surface area contributed by atoms with Gasteiger partial charge in [-0.05, 0) is 36.8 Å². The number of fused-ring (bicyclic) bond motifs is 1. The second-order valence-electron chi connectivity index (χ2n) is 7.45. The number of aliphatic hydroxyl groups excluding tert-OH is 3. The van der Waals surface area contributed by atoms with Crippen molar-refractivity contribution in [2.24, 2.45) is 0 Å². The van der Waals surface area contributed by atoms with Gasteiger partial charge in [0.05, 0.1) is 12.2 Å². The van der Waals surface area contributed by atoms with E-state index in [-0.39, 0.29) is 6.54 Å². The minimum Gasteiger partial charge on any atom is -0.388 e. The lowest BCUT2D eigenvalue weighted by Crippen LogP contribution is -2.42. The standard InChI is InChI=1S/C23H26N2O3/c26-20-15-25-19(14-12-17-9-5-2-6-10-17)18(24-23(25)22(28)21(20)27)13-11-16-7-3-1-4-8-16/h1-10,20-22,26-28H,11-15H2/t20-,21-,22+/m0/s1. The third kappa shape index (κ3) is 3.87. The molecule has 5 nitrogen and oxygen atoms in total. The summed E-state index contributed by atoms with van der Waals surface area (Å²) in [7, 11) is 0. The maximum atomic E-state index is 10.4. The molecule has 1 aliphatic rings. The average Bonchev–Trinajstić information content (AvgIpc) is 3.08. The molecule has 4 rings (SSSR count). The number of aliphatic hydroxyl groups is 3. The molecule has 0 unspecified atom stereocenters. The van der Waals surface area contributed by atoms with Crippen molar-refractivity contribution in [3.05, 3.63) is 89.0 Å². The van der Waals surface area contributed by atoms with Gasteiger partial charge in [0.2, 0.25) is 0 Å². The molecule has 3 aromatic rings. The lowest BCUT2D eigenvalue weighted by molar-refractivity contribution is -0.0858. The minimum atomic E-state index is -1.20. The second kappa shape index (κ2) is 8.27. The summed E-state index contributed by atoms with van der Waals surface area (Å²) in [5.74, 6) is 0.462. The fourth-order valence-electron chi connectivity index (χ4n) is 3.94. The number of hydrogen-bond acceptors (Lipinski definition) is 4. The van der Waals surface area contributed by atoms with Gasteiger partial charge >= 0.3 is 0 Å². The highest BCUT2D eigenvalue weighted by atomic mass is 16.4. The molecular weight excluding hydrogens is 352 g/mol. The Morgan fingerprint density at radius 3 is 1.96 bits per heavy atom. The van der Waals surface area contributed by atoms with Gasteiger partial charge in [0.25, 0.3) is 0 Å². The molecular formula is C23H26N2O3. The van der Waals surface area contributed by atoms with Crippen LogP contribution in [0.5, 0.6) is 0 Å². The van der Waals surface area contributed by atoms with Crippen molar-refractivity contribution in [2.75, 3.05) is 0 Å². The van der Waals surface area contributed by atoms with Crippen molar-refractivity contribution in [3.8, 4) is 0 Å². The third-order valence-electron chi connectivity index (χ3n) is 5.52. The predicted molar refractivity (Wildman–Crippen MR) is 107 cm³/mol. The van der Waals surface area contributed by atoms with Gasteiger partial charge in [0, 0.05) is 5.69 Å². The molecule has 3 atom stereocenters. The Hall–Kier alpha value is -2.47. The van der Waals surface area contributed by atoms with Crippen LogP contribution in [0.25, 0.3) is 0 Å². The Kier molecular flexibility index (Phi) is 5.57. The summed E-state index contributed by atoms with van der Waals surface area (Å²) >= 11 is 0. The number of nitrogens with zero attached hydrogens (tertiary/aromatic N) is 2. The molecule has 2 heterocycles. The lowest BCUT2D eigenvalue weighted by Gasteiger charge is -2.30. The number of rotatable bonds is 6. The predicted octanol–water partition coefficient (Wildman–Crippen LogP) is 2.22. The molecule has 0 aliphatic carbocycles. The maximum Gasteiger partial charge on any atom is 0.141 e. The van der Waals surface area contributed by atoms with Crippen LogP contribution in [0.4, 0.5) is 0 Å². The van der Waals surface area contributed by atoms with E-state index in [0.717, 1.165) is 37.1 Å². The summed E-state index contributed by atoms with van der Waals surface area (Å²) in [4.78, 5) is 4.69. The van der Waals surface area contributed by atoms with E-state index in [0.29, 0.717) is 5.82 Å². The lowest BCUT2D eigenvalue weighted by atomic mass is 10.0. The molecule has 0 saturated heterocycles. The van der Waals surface area contributed by atoms with Crippen LogP contribution in [0.2, 0.25) is 0 Å². The molecule has 0 radical (unpaired) electrons. The first-order valence-corrected chi connectivity index (χ1v) is 9.83. The van der Waals surface area contributed by atoms with Gasteiger partial charge in [-0.1, -0.05) is 60.7 Å². The Morgan fingerprint density at radius 2 is 1.36 bits per heavy atom. The first-order chi connectivity index (χ1) is 13.6. The average molecular weight is 378 g/mol. The third-order valence-corrected chi connectivity index (χ3v) is 5.52. The van der Waals surface area contributed by atoms with Gasteiger partial charge in [-0.15, -0.1) is 0 Å². The molecule has 146 valence electrons. The van der Waals surface area contributed by atoms with Gasteiger partial charge in [-0.2, -0.15) is 0 Å². The summed E-state index contributed by atoms with van der Waals surface area (Å²) < 4.78 is 1.91. The van der Waals surface area contributed by atoms with E-state index in [2.05, 4.69) is 29.2 Å². The minimum absolute atomic E-state index is 0.260. The Bertz CT molecular complexity index is 908. The van der Waals surface area contributed by atoms with Crippen molar-refractivity contribution >= 4 is 0 Å². The van der Waals surface area contributed by atoms with Crippen LogP contribution in [-0.4, -0.2) is 37.1 Å². The second-order valence-corrected chi connectivity index (χ2v) is 7.45. The van der Waals surface area contributed by atoms with Crippen LogP contribution in [0.3, 0.4) is 0 Å². The Balaban J connectivity index is 1.62. The molecule has 0 saturated carbocycles. The van der Waals surface area contributed by atoms with Gasteiger partial charge in [-0.25, -0.2) is 4.98 Å². The molecule has 0 bridgehead atoms. The van der Waals surface area contributed by atoms with E-state index >= 15 is 0 Å². The molecule has 28 heavy (non-hydrogen) atoms. The largest absolute Gasteiger partial charge is 0.388 e. The smallest absolute Gasteiger partial charge is 0.141 e. The molecule has 3 N–H and O–H groups in total. The van der Waals surface area contributed by atoms with Crippen LogP contribution in [-0.2, 0) is 32.2 Å². The normalized spacial score (nSPS) is 21.5. The molecule has 1 aliphatic heterocycles. The van der Waals surface area contributed by atoms with E-state index in [1.54, 1.807) is 0 Å². The van der Waals surface area contributed by atoms with Crippen molar-refractivity contribution in [1.82, 2.24) is 9.55 Å². The SMILES string of the molecule is O[C@H]1[C@@H](O)Cn2c(nc(CCc3ccccc3)c2CCc2ccccc2)[C@@H]1O. The number of imidazole rings is 1. The Morgan fingerprint density at radius 1 is 0.786 bits per heavy atom. The maximum absolute atomic E-state index is 10.4. The number of aromatic nitrogens is 2. The first-order valence-electron chi connectivity index (χ1n) is 9.83. The number of hydrogen-bond donors (Lipinski definition) is 3. The van der Waals surface area contributed by atoms with E-state index in [9.17, 15) is 15.3 Å². The summed E-state index contributed by atoms with van der Waals surface area (Å²) in [5.41, 5.74) is 4.46. The van der Waals surface area contributed by atoms with Crippen molar-refractivity contribution in [3.63, 3.8) is 0 Å². The summed E-state index contributed by atoms with van der Waals surface area (Å²) in [5, 5.41) is 30.6. The van der Waals surface area contributed by atoms with Gasteiger partial charge < -0.3 is 19.9 Å². The van der Waals surface area contributed by atoms with Crippen molar-refractivity contribution < 1.29 is 15.3 Å². The zero-order valence-electron chi connectivity index (χ0n) is 15.8. The van der Waals surface area contributed by atoms with Crippen LogP contribution < -0.4 is 0 Å². The summed E-state index contributed by atoms with van der Waals surface area (Å²) in [6, 6.07) is 20.5. The van der Waals surface area contributed by atoms with Gasteiger partial charge in [-0.3, -0.25) is 0 Å². The monoisotopic (exact) mass is 378 g/mol. The highest BCUT2D eigenvalue weighted by Gasteiger charge is 2.37. The molecule has 0 amide bonds. The molecule has 2 aromatic carbocycles. The number of aryl methyl sites for hydroxylation is 3. The molecule has 0 spiro atoms. The molecule has 1 aromatic heterocycles. The van der Waals surface area contributed by atoms with Crippen LogP contribution in [0, 0.1) is 0 Å². The highest BCUT2D eigenvalue weighted by molar-refractivity contribution is 5.26. The van der Waals surface area contributed by atoms with Crippen LogP contribution in [0.1, 0.15) is 34.4 Å². The first kappa shape index (κ1) is 18.9. The van der Waals surface area contributed by atoms with E-state index in [1.165, 1.54) is 11.1 Å². The fraction of sp³-hybridized carbons (Fsp3) is 0.348. The number of benzene rings is 2. The van der Waals surface area contributed by atoms with E-state index < -0.39 is 18.3 Å². The zero-order chi connectivity index (χ0) is 19.5. The van der Waals surface area contributed by atoms with Crippen LogP contribution >= 0.6 is 0 Å². The van der Waals surface area contributed by atoms with Crippen LogP contribution in [0.15, 0.2) is 60.7 Å². The molecule has 5 heteroatoms. The van der Waals surface area contributed by atoms with E-state index in [1.807, 2.05) is 41.0 Å². The fourth-order valence-corrected chi connectivity index (χ4v) is 3.94. The zero-order valence-corrected chi connectivity index (χ0v) is 15.8. The highest BCUT2D eigenvalue weighted by Crippen LogP contribution is 2.29. The van der Waals surface area contributed by atoms with E-state index in [4.69, 9.17) is 0 Å². The Labute approximate surface area is 164 Å². The molecule has 0 fully saturated rings. The summed E-state index contributed by atoms with van der Waals surface area (Å²) in [6.45, 7) is 0.260. The van der Waals surface area contributed by atoms with Crippen molar-refractivity contribution in [1.29, 1.82) is 0 Å². The van der Waals surface area contributed by atoms with Gasteiger partial charge in [0.1, 0.15) is 24.1 Å².